The Morgan fingerprint density at radius 2 is 2.62 bits per heavy atom. The van der Waals surface area contributed by atoms with E-state index in [9.17, 15) is 4.79 Å². The van der Waals surface area contributed by atoms with Gasteiger partial charge in [-0.05, 0) is 6.92 Å². The number of rotatable bonds is 3. The molecular weight excluding hydrogens is 166 g/mol. The Labute approximate surface area is 78.5 Å². The number of hydrogen-bond acceptors (Lipinski definition) is 3. The largest absolute Gasteiger partial charge is 0.462 e. The molecule has 0 amide bonds. The summed E-state index contributed by atoms with van der Waals surface area (Å²) in [5.41, 5.74) is 1.07. The van der Waals surface area contributed by atoms with Gasteiger partial charge < -0.3 is 10.1 Å². The maximum Gasteiger partial charge on any atom is 0.330 e. The van der Waals surface area contributed by atoms with Gasteiger partial charge in [0.05, 0.1) is 0 Å². The number of nitrogens with one attached hydrogen (secondary N) is 1. The minimum atomic E-state index is -0.362. The topological polar surface area (TPSA) is 38.3 Å². The number of carbonyl (C=O) groups excluding carboxylic acids is 1. The Kier molecular flexibility index (Phi) is 2.76. The van der Waals surface area contributed by atoms with E-state index in [-0.39, 0.29) is 11.4 Å². The molecule has 0 fully saturated rings. The summed E-state index contributed by atoms with van der Waals surface area (Å²) in [6, 6.07) is 0. The van der Waals surface area contributed by atoms with Crippen LogP contribution in [0.3, 0.4) is 0 Å². The van der Waals surface area contributed by atoms with Crippen molar-refractivity contribution in [3.05, 3.63) is 24.4 Å². The minimum Gasteiger partial charge on any atom is -0.462 e. The fraction of sp³-hybridized carbons (Fsp3) is 0.500. The maximum atomic E-state index is 10.8. The molecule has 1 N–H and O–H groups in total. The summed E-state index contributed by atoms with van der Waals surface area (Å²) >= 11 is 0. The second kappa shape index (κ2) is 3.64. The van der Waals surface area contributed by atoms with Crippen LogP contribution >= 0.6 is 0 Å². The fourth-order valence-electron chi connectivity index (χ4n) is 1.35. The zero-order chi connectivity index (χ0) is 9.90. The molecule has 0 aliphatic carbocycles. The first-order chi connectivity index (χ1) is 6.06. The van der Waals surface area contributed by atoms with E-state index >= 15 is 0 Å². The smallest absolute Gasteiger partial charge is 0.330 e. The van der Waals surface area contributed by atoms with Crippen molar-refractivity contribution in [2.75, 3.05) is 13.2 Å². The van der Waals surface area contributed by atoms with Gasteiger partial charge in [-0.25, -0.2) is 4.79 Å². The lowest BCUT2D eigenvalue weighted by molar-refractivity contribution is -0.139. The third-order valence-electron chi connectivity index (χ3n) is 2.05. The van der Waals surface area contributed by atoms with Crippen LogP contribution in [0.25, 0.3) is 0 Å². The Morgan fingerprint density at radius 3 is 3.08 bits per heavy atom. The van der Waals surface area contributed by atoms with Crippen LogP contribution in [0.2, 0.25) is 0 Å². The van der Waals surface area contributed by atoms with Crippen LogP contribution in [0.5, 0.6) is 0 Å². The van der Waals surface area contributed by atoms with Crippen molar-refractivity contribution >= 4 is 5.97 Å². The highest BCUT2D eigenvalue weighted by Gasteiger charge is 2.27. The summed E-state index contributed by atoms with van der Waals surface area (Å²) in [5.74, 6) is -0.362. The molecular formula is C10H15NO2. The normalized spacial score (nSPS) is 26.2. The molecule has 1 unspecified atom stereocenters. The molecule has 72 valence electrons. The van der Waals surface area contributed by atoms with Crippen LogP contribution in [-0.4, -0.2) is 19.1 Å². The Hall–Kier alpha value is -1.25. The monoisotopic (exact) mass is 181 g/mol. The molecule has 1 aliphatic heterocycles. The zero-order valence-electron chi connectivity index (χ0n) is 8.09. The lowest BCUT2D eigenvalue weighted by Gasteiger charge is -2.19. The van der Waals surface area contributed by atoms with Crippen molar-refractivity contribution in [2.24, 2.45) is 5.41 Å². The van der Waals surface area contributed by atoms with Crippen LogP contribution in [0.15, 0.2) is 24.4 Å². The van der Waals surface area contributed by atoms with Crippen molar-refractivity contribution in [2.45, 2.75) is 13.8 Å². The highest BCUT2D eigenvalue weighted by molar-refractivity contribution is 5.81. The molecule has 0 saturated heterocycles. The molecule has 13 heavy (non-hydrogen) atoms. The van der Waals surface area contributed by atoms with Gasteiger partial charge in [0.15, 0.2) is 0 Å². The van der Waals surface area contributed by atoms with E-state index < -0.39 is 0 Å². The van der Waals surface area contributed by atoms with Gasteiger partial charge in [-0.2, -0.15) is 0 Å². The molecule has 0 bridgehead atoms. The first-order valence-corrected chi connectivity index (χ1v) is 4.28. The van der Waals surface area contributed by atoms with E-state index in [1.165, 1.54) is 6.08 Å². The number of ether oxygens (including phenoxy) is 1. The quantitative estimate of drug-likeness (QED) is 0.525. The first kappa shape index (κ1) is 9.84. The van der Waals surface area contributed by atoms with E-state index in [1.807, 2.05) is 13.8 Å². The average Bonchev–Trinajstić information content (AvgIpc) is 2.43. The summed E-state index contributed by atoms with van der Waals surface area (Å²) < 4.78 is 4.98. The molecule has 1 atom stereocenters. The summed E-state index contributed by atoms with van der Waals surface area (Å²) in [7, 11) is 0. The Bertz CT molecular complexity index is 258. The SMILES string of the molecule is C=CC(=O)OCC1(C)C=C(C)NC1. The van der Waals surface area contributed by atoms with Gasteiger partial charge in [-0.1, -0.05) is 19.6 Å². The van der Waals surface area contributed by atoms with E-state index in [1.54, 1.807) is 0 Å². The highest BCUT2D eigenvalue weighted by Crippen LogP contribution is 2.24. The minimum absolute atomic E-state index is 0.0667. The van der Waals surface area contributed by atoms with Gasteiger partial charge >= 0.3 is 5.97 Å². The summed E-state index contributed by atoms with van der Waals surface area (Å²) in [6.07, 6.45) is 3.27. The van der Waals surface area contributed by atoms with Crippen molar-refractivity contribution in [3.8, 4) is 0 Å². The molecule has 0 aromatic carbocycles. The van der Waals surface area contributed by atoms with Gasteiger partial charge in [0, 0.05) is 23.7 Å². The van der Waals surface area contributed by atoms with Crippen LogP contribution < -0.4 is 5.32 Å². The lowest BCUT2D eigenvalue weighted by Crippen LogP contribution is -2.27. The third-order valence-corrected chi connectivity index (χ3v) is 2.05. The maximum absolute atomic E-state index is 10.8. The first-order valence-electron chi connectivity index (χ1n) is 4.28. The predicted molar refractivity (Wildman–Crippen MR) is 51.0 cm³/mol. The molecule has 3 heteroatoms. The van der Waals surface area contributed by atoms with Crippen LogP contribution in [0, 0.1) is 5.41 Å². The summed E-state index contributed by atoms with van der Waals surface area (Å²) in [6.45, 7) is 8.61. The van der Waals surface area contributed by atoms with E-state index in [0.29, 0.717) is 6.61 Å². The highest BCUT2D eigenvalue weighted by atomic mass is 16.5. The number of allylic oxidation sites excluding steroid dienone is 1. The molecule has 1 heterocycles. The van der Waals surface area contributed by atoms with Crippen molar-refractivity contribution in [1.82, 2.24) is 5.32 Å². The molecule has 1 rings (SSSR count). The van der Waals surface area contributed by atoms with Gasteiger partial charge in [-0.3, -0.25) is 0 Å². The second-order valence-electron chi connectivity index (χ2n) is 3.65. The molecule has 0 saturated carbocycles. The Balaban J connectivity index is 2.45. The van der Waals surface area contributed by atoms with E-state index in [2.05, 4.69) is 18.0 Å². The van der Waals surface area contributed by atoms with Crippen molar-refractivity contribution in [1.29, 1.82) is 0 Å². The van der Waals surface area contributed by atoms with E-state index in [0.717, 1.165) is 12.2 Å². The molecule has 0 aromatic heterocycles. The van der Waals surface area contributed by atoms with Gasteiger partial charge in [0.1, 0.15) is 6.61 Å². The van der Waals surface area contributed by atoms with Crippen LogP contribution in [0.4, 0.5) is 0 Å². The molecule has 0 radical (unpaired) electrons. The molecule has 0 aromatic rings. The Morgan fingerprint density at radius 1 is 1.92 bits per heavy atom. The average molecular weight is 181 g/mol. The third kappa shape index (κ3) is 2.61. The number of hydrogen-bond donors (Lipinski definition) is 1. The summed E-state index contributed by atoms with van der Waals surface area (Å²) in [4.78, 5) is 10.8. The second-order valence-corrected chi connectivity index (χ2v) is 3.65. The van der Waals surface area contributed by atoms with Crippen molar-refractivity contribution in [3.63, 3.8) is 0 Å². The molecule has 1 aliphatic rings. The zero-order valence-corrected chi connectivity index (χ0v) is 8.09. The number of esters is 1. The predicted octanol–water partition coefficient (Wildman–Crippen LogP) is 1.23. The van der Waals surface area contributed by atoms with Gasteiger partial charge in [0.2, 0.25) is 0 Å². The number of carbonyl (C=O) groups is 1. The fourth-order valence-corrected chi connectivity index (χ4v) is 1.35. The summed E-state index contributed by atoms with van der Waals surface area (Å²) in [5, 5.41) is 3.20. The van der Waals surface area contributed by atoms with Crippen LogP contribution in [0.1, 0.15) is 13.8 Å². The van der Waals surface area contributed by atoms with Gasteiger partial charge in [0.25, 0.3) is 0 Å². The molecule has 0 spiro atoms. The van der Waals surface area contributed by atoms with E-state index in [4.69, 9.17) is 4.74 Å². The van der Waals surface area contributed by atoms with Gasteiger partial charge in [-0.15, -0.1) is 0 Å². The van der Waals surface area contributed by atoms with Crippen LogP contribution in [-0.2, 0) is 9.53 Å². The molecule has 3 nitrogen and oxygen atoms in total. The standard InChI is InChI=1S/C10H15NO2/c1-4-9(12)13-7-10(3)5-8(2)11-6-10/h4-5,11H,1,6-7H2,2-3H3. The van der Waals surface area contributed by atoms with Crippen molar-refractivity contribution < 1.29 is 9.53 Å². The lowest BCUT2D eigenvalue weighted by atomic mass is 9.94.